The SMILES string of the molecule is Cc1cc(NCC2CCC(O)C2)ncc1Br. The van der Waals surface area contributed by atoms with E-state index in [0.717, 1.165) is 36.1 Å². The van der Waals surface area contributed by atoms with Gasteiger partial charge in [-0.3, -0.25) is 0 Å². The van der Waals surface area contributed by atoms with Crippen molar-refractivity contribution in [3.63, 3.8) is 0 Å². The first-order valence-corrected chi connectivity index (χ1v) is 6.48. The van der Waals surface area contributed by atoms with Crippen molar-refractivity contribution in [3.05, 3.63) is 22.3 Å². The number of nitrogens with zero attached hydrogens (tertiary/aromatic N) is 1. The van der Waals surface area contributed by atoms with Crippen LogP contribution in [-0.4, -0.2) is 22.7 Å². The van der Waals surface area contributed by atoms with E-state index < -0.39 is 0 Å². The Morgan fingerprint density at radius 1 is 1.56 bits per heavy atom. The van der Waals surface area contributed by atoms with Crippen molar-refractivity contribution in [2.45, 2.75) is 32.3 Å². The molecule has 0 amide bonds. The fourth-order valence-corrected chi connectivity index (χ4v) is 2.34. The number of hydrogen-bond donors (Lipinski definition) is 2. The lowest BCUT2D eigenvalue weighted by molar-refractivity contribution is 0.178. The van der Waals surface area contributed by atoms with Crippen LogP contribution in [0.3, 0.4) is 0 Å². The minimum atomic E-state index is -0.0913. The molecule has 1 aliphatic carbocycles. The van der Waals surface area contributed by atoms with Gasteiger partial charge in [0, 0.05) is 17.2 Å². The molecule has 0 aromatic carbocycles. The van der Waals surface area contributed by atoms with E-state index >= 15 is 0 Å². The van der Waals surface area contributed by atoms with E-state index in [9.17, 15) is 5.11 Å². The molecule has 1 fully saturated rings. The molecule has 0 aliphatic heterocycles. The molecule has 2 atom stereocenters. The maximum Gasteiger partial charge on any atom is 0.126 e. The van der Waals surface area contributed by atoms with Crippen LogP contribution in [0.1, 0.15) is 24.8 Å². The first kappa shape index (κ1) is 11.9. The molecule has 2 rings (SSSR count). The van der Waals surface area contributed by atoms with Crippen LogP contribution in [0.25, 0.3) is 0 Å². The Morgan fingerprint density at radius 2 is 2.38 bits per heavy atom. The summed E-state index contributed by atoms with van der Waals surface area (Å²) >= 11 is 3.43. The third-order valence-corrected chi connectivity index (χ3v) is 3.96. The number of halogens is 1. The average molecular weight is 285 g/mol. The Labute approximate surface area is 104 Å². The predicted octanol–water partition coefficient (Wildman–Crippen LogP) is 2.73. The number of anilines is 1. The van der Waals surface area contributed by atoms with Gasteiger partial charge in [-0.1, -0.05) is 0 Å². The first-order chi connectivity index (χ1) is 7.65. The topological polar surface area (TPSA) is 45.1 Å². The Bertz CT molecular complexity index is 370. The van der Waals surface area contributed by atoms with Gasteiger partial charge in [0.25, 0.3) is 0 Å². The highest BCUT2D eigenvalue weighted by molar-refractivity contribution is 9.10. The molecule has 1 heterocycles. The van der Waals surface area contributed by atoms with Gasteiger partial charge in [0.05, 0.1) is 6.10 Å². The predicted molar refractivity (Wildman–Crippen MR) is 68.5 cm³/mol. The standard InChI is InChI=1S/C12H17BrN2O/c1-8-4-12(15-7-11(8)13)14-6-9-2-3-10(16)5-9/h4,7,9-10,16H,2-3,5-6H2,1H3,(H,14,15). The van der Waals surface area contributed by atoms with Gasteiger partial charge in [-0.25, -0.2) is 4.98 Å². The van der Waals surface area contributed by atoms with Gasteiger partial charge in [0.1, 0.15) is 5.82 Å². The van der Waals surface area contributed by atoms with E-state index in [1.54, 1.807) is 0 Å². The zero-order chi connectivity index (χ0) is 11.5. The second kappa shape index (κ2) is 5.15. The van der Waals surface area contributed by atoms with Crippen LogP contribution in [0.4, 0.5) is 5.82 Å². The highest BCUT2D eigenvalue weighted by atomic mass is 79.9. The van der Waals surface area contributed by atoms with Gasteiger partial charge in [-0.15, -0.1) is 0 Å². The van der Waals surface area contributed by atoms with Crippen molar-refractivity contribution >= 4 is 21.7 Å². The summed E-state index contributed by atoms with van der Waals surface area (Å²) in [6.45, 7) is 2.96. The van der Waals surface area contributed by atoms with E-state index in [-0.39, 0.29) is 6.10 Å². The van der Waals surface area contributed by atoms with Crippen molar-refractivity contribution in [2.75, 3.05) is 11.9 Å². The molecular weight excluding hydrogens is 268 g/mol. The van der Waals surface area contributed by atoms with E-state index in [1.165, 1.54) is 5.56 Å². The van der Waals surface area contributed by atoms with Gasteiger partial charge < -0.3 is 10.4 Å². The molecule has 2 unspecified atom stereocenters. The van der Waals surface area contributed by atoms with Crippen LogP contribution >= 0.6 is 15.9 Å². The van der Waals surface area contributed by atoms with E-state index in [2.05, 4.69) is 33.2 Å². The van der Waals surface area contributed by atoms with E-state index in [0.29, 0.717) is 5.92 Å². The molecule has 1 aromatic rings. The van der Waals surface area contributed by atoms with Crippen molar-refractivity contribution in [1.82, 2.24) is 4.98 Å². The van der Waals surface area contributed by atoms with Crippen molar-refractivity contribution in [1.29, 1.82) is 0 Å². The molecule has 2 N–H and O–H groups in total. The van der Waals surface area contributed by atoms with Gasteiger partial charge in [-0.2, -0.15) is 0 Å². The second-order valence-electron chi connectivity index (χ2n) is 4.53. The molecule has 3 nitrogen and oxygen atoms in total. The normalized spacial score (nSPS) is 24.7. The van der Waals surface area contributed by atoms with Crippen LogP contribution in [0, 0.1) is 12.8 Å². The number of aryl methyl sites for hydroxylation is 1. The van der Waals surface area contributed by atoms with Crippen molar-refractivity contribution in [3.8, 4) is 0 Å². The zero-order valence-corrected chi connectivity index (χ0v) is 11.0. The number of rotatable bonds is 3. The molecule has 1 saturated carbocycles. The summed E-state index contributed by atoms with van der Waals surface area (Å²) in [4.78, 5) is 4.30. The molecule has 0 bridgehead atoms. The third kappa shape index (κ3) is 2.95. The van der Waals surface area contributed by atoms with E-state index in [1.807, 2.05) is 12.3 Å². The highest BCUT2D eigenvalue weighted by Gasteiger charge is 2.22. The maximum absolute atomic E-state index is 9.43. The van der Waals surface area contributed by atoms with Crippen molar-refractivity contribution in [2.24, 2.45) is 5.92 Å². The van der Waals surface area contributed by atoms with Crippen LogP contribution in [0.5, 0.6) is 0 Å². The molecule has 0 spiro atoms. The van der Waals surface area contributed by atoms with Gasteiger partial charge in [-0.05, 0) is 59.7 Å². The summed E-state index contributed by atoms with van der Waals surface area (Å²) in [6.07, 6.45) is 4.71. The molecule has 4 heteroatoms. The van der Waals surface area contributed by atoms with Crippen LogP contribution < -0.4 is 5.32 Å². The third-order valence-electron chi connectivity index (χ3n) is 3.13. The fourth-order valence-electron chi connectivity index (χ4n) is 2.12. The quantitative estimate of drug-likeness (QED) is 0.897. The Hall–Kier alpha value is -0.610. The molecule has 1 aliphatic rings. The first-order valence-electron chi connectivity index (χ1n) is 5.69. The van der Waals surface area contributed by atoms with Gasteiger partial charge in [0.2, 0.25) is 0 Å². The Kier molecular flexibility index (Phi) is 3.82. The lowest BCUT2D eigenvalue weighted by Gasteiger charge is -2.12. The highest BCUT2D eigenvalue weighted by Crippen LogP contribution is 2.25. The smallest absolute Gasteiger partial charge is 0.126 e. The zero-order valence-electron chi connectivity index (χ0n) is 9.41. The lowest BCUT2D eigenvalue weighted by atomic mass is 10.1. The summed E-state index contributed by atoms with van der Waals surface area (Å²) in [5.74, 6) is 1.50. The van der Waals surface area contributed by atoms with Gasteiger partial charge in [0.15, 0.2) is 0 Å². The lowest BCUT2D eigenvalue weighted by Crippen LogP contribution is -2.13. The minimum absolute atomic E-state index is 0.0913. The van der Waals surface area contributed by atoms with E-state index in [4.69, 9.17) is 0 Å². The number of aliphatic hydroxyl groups excluding tert-OH is 1. The molecule has 16 heavy (non-hydrogen) atoms. The summed E-state index contributed by atoms with van der Waals surface area (Å²) < 4.78 is 1.04. The van der Waals surface area contributed by atoms with Gasteiger partial charge >= 0.3 is 0 Å². The molecule has 1 aromatic heterocycles. The molecule has 0 saturated heterocycles. The van der Waals surface area contributed by atoms with Crippen LogP contribution in [0.2, 0.25) is 0 Å². The second-order valence-corrected chi connectivity index (χ2v) is 5.39. The molecule has 88 valence electrons. The number of aromatic nitrogens is 1. The van der Waals surface area contributed by atoms with Crippen LogP contribution in [0.15, 0.2) is 16.7 Å². The maximum atomic E-state index is 9.43. The summed E-state index contributed by atoms with van der Waals surface area (Å²) in [6, 6.07) is 2.04. The number of nitrogens with one attached hydrogen (secondary N) is 1. The number of aliphatic hydroxyl groups is 1. The molecular formula is C12H17BrN2O. The summed E-state index contributed by atoms with van der Waals surface area (Å²) in [5.41, 5.74) is 1.18. The van der Waals surface area contributed by atoms with Crippen LogP contribution in [-0.2, 0) is 0 Å². The molecule has 0 radical (unpaired) electrons. The summed E-state index contributed by atoms with van der Waals surface area (Å²) in [7, 11) is 0. The Morgan fingerprint density at radius 3 is 3.00 bits per heavy atom. The largest absolute Gasteiger partial charge is 0.393 e. The average Bonchev–Trinajstić information content (AvgIpc) is 2.66. The number of hydrogen-bond acceptors (Lipinski definition) is 3. The Balaban J connectivity index is 1.87. The monoisotopic (exact) mass is 284 g/mol. The van der Waals surface area contributed by atoms with Crippen molar-refractivity contribution < 1.29 is 5.11 Å². The fraction of sp³-hybridized carbons (Fsp3) is 0.583. The summed E-state index contributed by atoms with van der Waals surface area (Å²) in [5, 5.41) is 12.8. The number of pyridine rings is 1. The minimum Gasteiger partial charge on any atom is -0.393 e.